The van der Waals surface area contributed by atoms with Gasteiger partial charge in [-0.05, 0) is 30.7 Å². The second-order valence-electron chi connectivity index (χ2n) is 5.96. The van der Waals surface area contributed by atoms with Crippen LogP contribution in [0.4, 0.5) is 0 Å². The second kappa shape index (κ2) is 6.80. The minimum absolute atomic E-state index is 0.0831. The molecule has 1 amide bonds. The molecule has 1 fully saturated rings. The van der Waals surface area contributed by atoms with Crippen molar-refractivity contribution in [2.45, 2.75) is 19.1 Å². The molecule has 3 heterocycles. The summed E-state index contributed by atoms with van der Waals surface area (Å²) in [6, 6.07) is 13.1. The van der Waals surface area contributed by atoms with Crippen LogP contribution in [0.1, 0.15) is 28.7 Å². The van der Waals surface area contributed by atoms with Gasteiger partial charge >= 0.3 is 0 Å². The number of benzene rings is 1. The minimum atomic E-state index is -0.0831. The topological polar surface area (TPSA) is 73.4 Å². The molecule has 1 aromatic carbocycles. The molecule has 1 aliphatic heterocycles. The molecule has 1 saturated heterocycles. The Bertz CT molecular complexity index is 829. The first kappa shape index (κ1) is 15.4. The monoisotopic (exact) mass is 338 g/mol. The molecule has 0 aliphatic carbocycles. The summed E-state index contributed by atoms with van der Waals surface area (Å²) >= 11 is 0. The third kappa shape index (κ3) is 3.40. The summed E-state index contributed by atoms with van der Waals surface area (Å²) < 4.78 is 12.7. The van der Waals surface area contributed by atoms with Crippen LogP contribution in [0.5, 0.6) is 5.75 Å². The van der Waals surface area contributed by atoms with Crippen molar-refractivity contribution in [3.05, 3.63) is 66.4 Å². The summed E-state index contributed by atoms with van der Waals surface area (Å²) in [4.78, 5) is 14.1. The maximum atomic E-state index is 12.3. The van der Waals surface area contributed by atoms with Crippen LogP contribution in [0.2, 0.25) is 0 Å². The minimum Gasteiger partial charge on any atom is -0.487 e. The fourth-order valence-electron chi connectivity index (χ4n) is 2.93. The van der Waals surface area contributed by atoms with Crippen molar-refractivity contribution in [1.29, 1.82) is 0 Å². The standard InChI is InChI=1S/C18H18N4O3/c23-18(17-7-4-10-24-17)21-9-8-15(12-21)22-11-14(19-20-22)13-25-16-5-2-1-3-6-16/h1-7,10-11,15H,8-9,12-13H2. The lowest BCUT2D eigenvalue weighted by Gasteiger charge is -2.14. The molecule has 1 aliphatic rings. The molecule has 128 valence electrons. The normalized spacial score (nSPS) is 17.0. The molecule has 2 aromatic heterocycles. The van der Waals surface area contributed by atoms with Crippen molar-refractivity contribution in [2.24, 2.45) is 0 Å². The fraction of sp³-hybridized carbons (Fsp3) is 0.278. The lowest BCUT2D eigenvalue weighted by atomic mass is 10.3. The van der Waals surface area contributed by atoms with E-state index < -0.39 is 0 Å². The van der Waals surface area contributed by atoms with E-state index in [0.29, 0.717) is 25.5 Å². The van der Waals surface area contributed by atoms with E-state index in [0.717, 1.165) is 17.9 Å². The van der Waals surface area contributed by atoms with Crippen LogP contribution in [-0.4, -0.2) is 38.9 Å². The Balaban J connectivity index is 1.35. The van der Waals surface area contributed by atoms with Gasteiger partial charge in [-0.25, -0.2) is 4.68 Å². The Morgan fingerprint density at radius 1 is 1.24 bits per heavy atom. The lowest BCUT2D eigenvalue weighted by molar-refractivity contribution is 0.0755. The van der Waals surface area contributed by atoms with Crippen molar-refractivity contribution in [2.75, 3.05) is 13.1 Å². The quantitative estimate of drug-likeness (QED) is 0.715. The molecule has 4 rings (SSSR count). The first-order valence-electron chi connectivity index (χ1n) is 8.21. The molecule has 0 saturated carbocycles. The fourth-order valence-corrected chi connectivity index (χ4v) is 2.93. The van der Waals surface area contributed by atoms with E-state index in [-0.39, 0.29) is 11.9 Å². The van der Waals surface area contributed by atoms with Gasteiger partial charge in [0, 0.05) is 13.1 Å². The second-order valence-corrected chi connectivity index (χ2v) is 5.96. The predicted octanol–water partition coefficient (Wildman–Crippen LogP) is 2.54. The number of aromatic nitrogens is 3. The number of nitrogens with zero attached hydrogens (tertiary/aromatic N) is 4. The zero-order valence-corrected chi connectivity index (χ0v) is 13.6. The highest BCUT2D eigenvalue weighted by Crippen LogP contribution is 2.23. The average molecular weight is 338 g/mol. The van der Waals surface area contributed by atoms with E-state index in [1.807, 2.05) is 41.2 Å². The molecule has 1 unspecified atom stereocenters. The van der Waals surface area contributed by atoms with E-state index in [9.17, 15) is 4.79 Å². The Labute approximate surface area is 144 Å². The van der Waals surface area contributed by atoms with Crippen LogP contribution in [0, 0.1) is 0 Å². The number of hydrogen-bond donors (Lipinski definition) is 0. The first-order chi connectivity index (χ1) is 12.3. The van der Waals surface area contributed by atoms with Gasteiger partial charge in [0.2, 0.25) is 0 Å². The molecule has 1 atom stereocenters. The van der Waals surface area contributed by atoms with E-state index >= 15 is 0 Å². The van der Waals surface area contributed by atoms with Crippen molar-refractivity contribution >= 4 is 5.91 Å². The molecule has 7 heteroatoms. The van der Waals surface area contributed by atoms with Crippen LogP contribution < -0.4 is 4.74 Å². The van der Waals surface area contributed by atoms with Gasteiger partial charge in [-0.3, -0.25) is 4.79 Å². The molecular formula is C18H18N4O3. The number of carbonyl (C=O) groups excluding carboxylic acids is 1. The van der Waals surface area contributed by atoms with Gasteiger partial charge in [0.25, 0.3) is 5.91 Å². The highest BCUT2D eigenvalue weighted by molar-refractivity contribution is 5.91. The lowest BCUT2D eigenvalue weighted by Crippen LogP contribution is -2.28. The van der Waals surface area contributed by atoms with Crippen LogP contribution in [0.25, 0.3) is 0 Å². The van der Waals surface area contributed by atoms with E-state index in [2.05, 4.69) is 10.3 Å². The molecule has 0 radical (unpaired) electrons. The van der Waals surface area contributed by atoms with Crippen molar-refractivity contribution in [1.82, 2.24) is 19.9 Å². The van der Waals surface area contributed by atoms with Gasteiger partial charge < -0.3 is 14.1 Å². The first-order valence-corrected chi connectivity index (χ1v) is 8.21. The van der Waals surface area contributed by atoms with Crippen LogP contribution in [0.15, 0.2) is 59.3 Å². The summed E-state index contributed by atoms with van der Waals surface area (Å²) in [5.74, 6) is 1.09. The van der Waals surface area contributed by atoms with Crippen molar-refractivity contribution in [3.63, 3.8) is 0 Å². The maximum Gasteiger partial charge on any atom is 0.289 e. The van der Waals surface area contributed by atoms with Crippen molar-refractivity contribution in [3.8, 4) is 5.75 Å². The summed E-state index contributed by atoms with van der Waals surface area (Å²) in [6.45, 7) is 1.65. The van der Waals surface area contributed by atoms with Crippen LogP contribution in [0.3, 0.4) is 0 Å². The number of rotatable bonds is 5. The summed E-state index contributed by atoms with van der Waals surface area (Å²) in [5.41, 5.74) is 0.764. The molecule has 25 heavy (non-hydrogen) atoms. The number of hydrogen-bond acceptors (Lipinski definition) is 5. The Hall–Kier alpha value is -3.09. The van der Waals surface area contributed by atoms with Gasteiger partial charge in [-0.1, -0.05) is 23.4 Å². The van der Waals surface area contributed by atoms with Gasteiger partial charge in [0.15, 0.2) is 5.76 Å². The Morgan fingerprint density at radius 3 is 2.92 bits per heavy atom. The molecule has 0 spiro atoms. The number of likely N-dealkylation sites (tertiary alicyclic amines) is 1. The number of ether oxygens (including phenoxy) is 1. The van der Waals surface area contributed by atoms with Crippen LogP contribution in [-0.2, 0) is 6.61 Å². The summed E-state index contributed by atoms with van der Waals surface area (Å²) in [6.07, 6.45) is 4.24. The average Bonchev–Trinajstić information content (AvgIpc) is 3.41. The van der Waals surface area contributed by atoms with Gasteiger partial charge in [0.05, 0.1) is 18.5 Å². The van der Waals surface area contributed by atoms with Crippen LogP contribution >= 0.6 is 0 Å². The zero-order chi connectivity index (χ0) is 17.1. The number of amides is 1. The molecule has 7 nitrogen and oxygen atoms in total. The molecule has 0 N–H and O–H groups in total. The van der Waals surface area contributed by atoms with Gasteiger partial charge in [-0.2, -0.15) is 0 Å². The smallest absolute Gasteiger partial charge is 0.289 e. The van der Waals surface area contributed by atoms with Gasteiger partial charge in [-0.15, -0.1) is 5.10 Å². The summed E-state index contributed by atoms with van der Waals surface area (Å²) in [5, 5.41) is 8.35. The van der Waals surface area contributed by atoms with Crippen molar-refractivity contribution < 1.29 is 13.9 Å². The predicted molar refractivity (Wildman–Crippen MR) is 89.1 cm³/mol. The highest BCUT2D eigenvalue weighted by atomic mass is 16.5. The number of carbonyl (C=O) groups is 1. The highest BCUT2D eigenvalue weighted by Gasteiger charge is 2.29. The number of furan rings is 1. The van der Waals surface area contributed by atoms with E-state index in [4.69, 9.17) is 9.15 Å². The molecular weight excluding hydrogens is 320 g/mol. The van der Waals surface area contributed by atoms with E-state index in [1.54, 1.807) is 17.0 Å². The molecule has 3 aromatic rings. The Kier molecular flexibility index (Phi) is 4.20. The molecule has 0 bridgehead atoms. The zero-order valence-electron chi connectivity index (χ0n) is 13.6. The van der Waals surface area contributed by atoms with Gasteiger partial charge in [0.1, 0.15) is 18.1 Å². The third-order valence-corrected chi connectivity index (χ3v) is 4.24. The van der Waals surface area contributed by atoms with E-state index in [1.165, 1.54) is 6.26 Å². The third-order valence-electron chi connectivity index (χ3n) is 4.24. The largest absolute Gasteiger partial charge is 0.487 e. The summed E-state index contributed by atoms with van der Waals surface area (Å²) in [7, 11) is 0. The number of para-hydroxylation sites is 1. The SMILES string of the molecule is O=C(c1ccco1)N1CCC(n2cc(COc3ccccc3)nn2)C1. The maximum absolute atomic E-state index is 12.3. The Morgan fingerprint density at radius 2 is 2.12 bits per heavy atom.